The lowest BCUT2D eigenvalue weighted by Crippen LogP contribution is -2.24. The normalized spacial score (nSPS) is 12.8. The Morgan fingerprint density at radius 1 is 1.21 bits per heavy atom. The van der Waals surface area contributed by atoms with Crippen molar-refractivity contribution in [3.05, 3.63) is 55.8 Å². The van der Waals surface area contributed by atoms with Crippen LogP contribution in [0.25, 0.3) is 5.69 Å². The number of benzene rings is 1. The van der Waals surface area contributed by atoms with E-state index in [1.807, 2.05) is 0 Å². The molecule has 0 bridgehead atoms. The average Bonchev–Trinajstić information content (AvgIpc) is 2.82. The van der Waals surface area contributed by atoms with Gasteiger partial charge in [0.1, 0.15) is 5.82 Å². The fourth-order valence-corrected chi connectivity index (χ4v) is 2.88. The summed E-state index contributed by atoms with van der Waals surface area (Å²) in [6, 6.07) is 5.48. The molecule has 9 heteroatoms. The Kier molecular flexibility index (Phi) is 3.72. The van der Waals surface area contributed by atoms with E-state index in [0.717, 1.165) is 10.6 Å². The van der Waals surface area contributed by atoms with Crippen molar-refractivity contribution in [2.24, 2.45) is 0 Å². The van der Waals surface area contributed by atoms with E-state index >= 15 is 0 Å². The molecular formula is C15H10BrN3O5. The van der Waals surface area contributed by atoms with Crippen molar-refractivity contribution in [3.63, 3.8) is 0 Å². The summed E-state index contributed by atoms with van der Waals surface area (Å²) in [6.07, 6.45) is 0. The van der Waals surface area contributed by atoms with E-state index in [1.165, 1.54) is 19.2 Å². The number of hydrogen-bond acceptors (Lipinski definition) is 6. The van der Waals surface area contributed by atoms with Gasteiger partial charge in [-0.15, -0.1) is 0 Å². The van der Waals surface area contributed by atoms with Crippen molar-refractivity contribution in [2.45, 2.75) is 0 Å². The zero-order valence-corrected chi connectivity index (χ0v) is 13.8. The molecule has 1 aliphatic rings. The molecule has 0 aliphatic carbocycles. The first-order chi connectivity index (χ1) is 11.3. The number of ether oxygens (including phenoxy) is 1. The lowest BCUT2D eigenvalue weighted by atomic mass is 10.1. The van der Waals surface area contributed by atoms with Gasteiger partial charge < -0.3 is 10.5 Å². The van der Waals surface area contributed by atoms with Crippen LogP contribution in [0.1, 0.15) is 31.1 Å². The zero-order chi connectivity index (χ0) is 17.6. The van der Waals surface area contributed by atoms with E-state index in [4.69, 9.17) is 5.73 Å². The SMILES string of the molecule is COC(=O)c1ccc(Br)c(-n2c(N)c3c(cc2=O)C(=O)NC3=O)c1. The second-order valence-corrected chi connectivity index (χ2v) is 5.79. The minimum absolute atomic E-state index is 0.0704. The van der Waals surface area contributed by atoms with Crippen LogP contribution in [-0.2, 0) is 4.74 Å². The summed E-state index contributed by atoms with van der Waals surface area (Å²) >= 11 is 3.28. The molecule has 2 heterocycles. The number of nitrogens with zero attached hydrogens (tertiary/aromatic N) is 1. The maximum absolute atomic E-state index is 12.4. The van der Waals surface area contributed by atoms with Crippen LogP contribution in [0.5, 0.6) is 0 Å². The summed E-state index contributed by atoms with van der Waals surface area (Å²) in [5, 5.41) is 2.09. The molecule has 0 fully saturated rings. The number of nitrogens with one attached hydrogen (secondary N) is 1. The molecule has 3 N–H and O–H groups in total. The Bertz CT molecular complexity index is 980. The van der Waals surface area contributed by atoms with E-state index in [2.05, 4.69) is 26.0 Å². The molecule has 1 aromatic carbocycles. The van der Waals surface area contributed by atoms with Crippen molar-refractivity contribution in [1.82, 2.24) is 9.88 Å². The second kappa shape index (κ2) is 5.60. The summed E-state index contributed by atoms with van der Waals surface area (Å²) < 4.78 is 6.17. The first-order valence-corrected chi connectivity index (χ1v) is 7.44. The smallest absolute Gasteiger partial charge is 0.337 e. The van der Waals surface area contributed by atoms with Crippen molar-refractivity contribution >= 4 is 39.5 Å². The quantitative estimate of drug-likeness (QED) is 0.578. The lowest BCUT2D eigenvalue weighted by Gasteiger charge is -2.14. The van der Waals surface area contributed by atoms with Crippen LogP contribution in [0.4, 0.5) is 5.82 Å². The lowest BCUT2D eigenvalue weighted by molar-refractivity contribution is 0.0600. The van der Waals surface area contributed by atoms with Crippen LogP contribution in [-0.4, -0.2) is 29.5 Å². The van der Waals surface area contributed by atoms with Gasteiger partial charge in [0.2, 0.25) is 0 Å². The van der Waals surface area contributed by atoms with Crippen molar-refractivity contribution in [2.75, 3.05) is 12.8 Å². The van der Waals surface area contributed by atoms with Gasteiger partial charge in [0, 0.05) is 10.5 Å². The molecule has 0 unspecified atom stereocenters. The minimum Gasteiger partial charge on any atom is -0.465 e. The van der Waals surface area contributed by atoms with Gasteiger partial charge in [-0.3, -0.25) is 24.3 Å². The number of amides is 2. The third-order valence-electron chi connectivity index (χ3n) is 3.56. The first-order valence-electron chi connectivity index (χ1n) is 6.64. The number of pyridine rings is 1. The van der Waals surface area contributed by atoms with Crippen LogP contribution >= 0.6 is 15.9 Å². The number of anilines is 1. The van der Waals surface area contributed by atoms with Crippen molar-refractivity contribution in [1.29, 1.82) is 0 Å². The first kappa shape index (κ1) is 15.9. The Balaban J connectivity index is 2.31. The standard InChI is InChI=1S/C15H10BrN3O5/c1-24-15(23)6-2-3-8(16)9(4-6)19-10(20)5-7-11(12(19)17)14(22)18-13(7)21/h2-5H,17H2,1H3,(H,18,21,22). The number of esters is 1. The Hall–Kier alpha value is -2.94. The van der Waals surface area contributed by atoms with E-state index in [1.54, 1.807) is 6.07 Å². The number of fused-ring (bicyclic) bond motifs is 1. The summed E-state index contributed by atoms with van der Waals surface area (Å²) in [5.74, 6) is -2.14. The van der Waals surface area contributed by atoms with Gasteiger partial charge >= 0.3 is 5.97 Å². The number of halogens is 1. The predicted octanol–water partition coefficient (Wildman–Crippen LogP) is 0.852. The molecule has 8 nitrogen and oxygen atoms in total. The number of rotatable bonds is 2. The van der Waals surface area contributed by atoms with Gasteiger partial charge in [-0.1, -0.05) is 0 Å². The van der Waals surface area contributed by atoms with E-state index in [0.29, 0.717) is 4.47 Å². The van der Waals surface area contributed by atoms with Crippen LogP contribution in [0.2, 0.25) is 0 Å². The number of carbonyl (C=O) groups excluding carboxylic acids is 3. The molecule has 2 aromatic rings. The summed E-state index contributed by atoms with van der Waals surface area (Å²) in [5.41, 5.74) is 5.65. The number of carbonyl (C=O) groups is 3. The maximum Gasteiger partial charge on any atom is 0.337 e. The molecule has 0 radical (unpaired) electrons. The van der Waals surface area contributed by atoms with Crippen LogP contribution in [0.3, 0.4) is 0 Å². The van der Waals surface area contributed by atoms with Gasteiger partial charge in [-0.05, 0) is 34.1 Å². The average molecular weight is 392 g/mol. The molecule has 1 aromatic heterocycles. The maximum atomic E-state index is 12.4. The number of imide groups is 1. The molecule has 3 rings (SSSR count). The fraction of sp³-hybridized carbons (Fsp3) is 0.0667. The zero-order valence-electron chi connectivity index (χ0n) is 12.3. The van der Waals surface area contributed by atoms with Gasteiger partial charge in [-0.25, -0.2) is 4.79 Å². The molecule has 0 atom stereocenters. The minimum atomic E-state index is -0.679. The van der Waals surface area contributed by atoms with Gasteiger partial charge in [0.15, 0.2) is 0 Å². The highest BCUT2D eigenvalue weighted by atomic mass is 79.9. The van der Waals surface area contributed by atoms with Gasteiger partial charge in [-0.2, -0.15) is 0 Å². The monoisotopic (exact) mass is 391 g/mol. The van der Waals surface area contributed by atoms with Gasteiger partial charge in [0.05, 0.1) is 29.5 Å². The number of nitrogen functional groups attached to an aromatic ring is 1. The number of aromatic nitrogens is 1. The topological polar surface area (TPSA) is 120 Å². The van der Waals surface area contributed by atoms with E-state index in [-0.39, 0.29) is 28.2 Å². The fourth-order valence-electron chi connectivity index (χ4n) is 2.46. The van der Waals surface area contributed by atoms with Crippen molar-refractivity contribution < 1.29 is 19.1 Å². The highest BCUT2D eigenvalue weighted by Crippen LogP contribution is 2.27. The van der Waals surface area contributed by atoms with Crippen LogP contribution in [0.15, 0.2) is 33.5 Å². The molecular weight excluding hydrogens is 382 g/mol. The Labute approximate surface area is 143 Å². The summed E-state index contributed by atoms with van der Waals surface area (Å²) in [4.78, 5) is 47.7. The largest absolute Gasteiger partial charge is 0.465 e. The number of hydrogen-bond donors (Lipinski definition) is 2. The predicted molar refractivity (Wildman–Crippen MR) is 87.3 cm³/mol. The van der Waals surface area contributed by atoms with Crippen LogP contribution in [0, 0.1) is 0 Å². The third kappa shape index (κ3) is 2.29. The highest BCUT2D eigenvalue weighted by molar-refractivity contribution is 9.10. The molecule has 2 amide bonds. The highest BCUT2D eigenvalue weighted by Gasteiger charge is 2.32. The van der Waals surface area contributed by atoms with E-state index in [9.17, 15) is 19.2 Å². The van der Waals surface area contributed by atoms with Gasteiger partial charge in [0.25, 0.3) is 17.4 Å². The van der Waals surface area contributed by atoms with Crippen LogP contribution < -0.4 is 16.6 Å². The van der Waals surface area contributed by atoms with E-state index < -0.39 is 23.3 Å². The Morgan fingerprint density at radius 2 is 1.92 bits per heavy atom. The second-order valence-electron chi connectivity index (χ2n) is 4.93. The third-order valence-corrected chi connectivity index (χ3v) is 4.23. The molecule has 0 saturated carbocycles. The Morgan fingerprint density at radius 3 is 2.58 bits per heavy atom. The number of nitrogens with two attached hydrogens (primary N) is 1. The van der Waals surface area contributed by atoms with Crippen molar-refractivity contribution in [3.8, 4) is 5.69 Å². The number of methoxy groups -OCH3 is 1. The molecule has 24 heavy (non-hydrogen) atoms. The molecule has 0 saturated heterocycles. The molecule has 1 aliphatic heterocycles. The molecule has 122 valence electrons. The molecule has 0 spiro atoms. The summed E-state index contributed by atoms with van der Waals surface area (Å²) in [6.45, 7) is 0. The summed E-state index contributed by atoms with van der Waals surface area (Å²) in [7, 11) is 1.23.